The molecule has 3 N–H and O–H groups in total. The predicted octanol–water partition coefficient (Wildman–Crippen LogP) is 4.59. The Hall–Kier alpha value is -2.71. The Balaban J connectivity index is 1.35. The Labute approximate surface area is 203 Å². The lowest BCUT2D eigenvalue weighted by Gasteiger charge is -2.17. The molecule has 0 bridgehead atoms. The summed E-state index contributed by atoms with van der Waals surface area (Å²) in [6.07, 6.45) is 6.14. The smallest absolute Gasteiger partial charge is 0.231 e. The maximum absolute atomic E-state index is 11.3. The first kappa shape index (κ1) is 21.8. The van der Waals surface area contributed by atoms with E-state index in [4.69, 9.17) is 5.73 Å². The highest BCUT2D eigenvalue weighted by atomic mass is 32.1. The highest BCUT2D eigenvalue weighted by Gasteiger charge is 2.42. The van der Waals surface area contributed by atoms with Gasteiger partial charge in [0.05, 0.1) is 12.2 Å². The average molecular weight is 477 g/mol. The molecular weight excluding hydrogens is 444 g/mol. The fourth-order valence-electron chi connectivity index (χ4n) is 6.63. The fourth-order valence-corrected chi connectivity index (χ4v) is 7.99. The van der Waals surface area contributed by atoms with Crippen LogP contribution in [0.1, 0.15) is 60.1 Å². The number of aromatic amines is 1. The lowest BCUT2D eigenvalue weighted by Crippen LogP contribution is -2.32. The van der Waals surface area contributed by atoms with Gasteiger partial charge in [-0.3, -0.25) is 9.69 Å². The number of nitrogens with one attached hydrogen (secondary N) is 1. The van der Waals surface area contributed by atoms with Crippen molar-refractivity contribution in [2.75, 3.05) is 19.6 Å². The third kappa shape index (κ3) is 3.38. The van der Waals surface area contributed by atoms with Crippen molar-refractivity contribution in [2.24, 2.45) is 17.6 Å². The van der Waals surface area contributed by atoms with E-state index in [1.165, 1.54) is 39.9 Å². The number of carbonyl (C=O) groups is 1. The number of rotatable bonds is 5. The molecule has 1 saturated heterocycles. The zero-order valence-electron chi connectivity index (χ0n) is 20.3. The van der Waals surface area contributed by atoms with E-state index in [-0.39, 0.29) is 5.91 Å². The van der Waals surface area contributed by atoms with Crippen LogP contribution in [0.5, 0.6) is 0 Å². The number of H-pyrrole nitrogens is 1. The van der Waals surface area contributed by atoms with Gasteiger partial charge in [-0.05, 0) is 73.1 Å². The van der Waals surface area contributed by atoms with Crippen LogP contribution < -0.4 is 5.73 Å². The van der Waals surface area contributed by atoms with E-state index in [1.807, 2.05) is 15.9 Å². The number of primary amides is 1. The zero-order valence-corrected chi connectivity index (χ0v) is 21.1. The minimum absolute atomic E-state index is 0.213. The number of nitrogens with two attached hydrogens (primary N) is 1. The molecule has 4 aromatic rings. The van der Waals surface area contributed by atoms with E-state index < -0.39 is 0 Å². The van der Waals surface area contributed by atoms with Gasteiger partial charge in [0.1, 0.15) is 11.2 Å². The van der Waals surface area contributed by atoms with Gasteiger partial charge in [0.15, 0.2) is 5.65 Å². The maximum Gasteiger partial charge on any atom is 0.231 e. The lowest BCUT2D eigenvalue weighted by atomic mass is 9.93. The molecule has 7 nitrogen and oxygen atoms in total. The molecule has 1 saturated carbocycles. The molecule has 8 heteroatoms. The number of pyridine rings is 1. The largest absolute Gasteiger partial charge is 0.369 e. The van der Waals surface area contributed by atoms with E-state index in [9.17, 15) is 4.79 Å². The number of hydrogen-bond donors (Lipinski definition) is 2. The molecule has 178 valence electrons. The van der Waals surface area contributed by atoms with Crippen molar-refractivity contribution in [3.63, 3.8) is 0 Å². The molecular formula is C26H32N6OS. The highest BCUT2D eigenvalue weighted by molar-refractivity contribution is 7.19. The number of hydrogen-bond acceptors (Lipinski definition) is 5. The van der Waals surface area contributed by atoms with E-state index in [0.717, 1.165) is 29.9 Å². The summed E-state index contributed by atoms with van der Waals surface area (Å²) in [5.41, 5.74) is 12.7. The standard InChI is InChI=1S/C26H32N6OS/c1-13(2)21-22-15(4)24(16-6-17-8-31(11-20(27)33)9-18(17)7-16)34-26(22)30-23(21)19-5-14(3)25-28-12-29-32(25)10-19/h5,10,12-13,16-18,30H,6-9,11H2,1-4H3,(H2,27,33)/t16-,17+,18-. The Morgan fingerprint density at radius 2 is 2.00 bits per heavy atom. The van der Waals surface area contributed by atoms with Crippen LogP contribution in [0.2, 0.25) is 0 Å². The number of nitrogens with zero attached hydrogens (tertiary/aromatic N) is 4. The van der Waals surface area contributed by atoms with E-state index in [0.29, 0.717) is 30.2 Å². The van der Waals surface area contributed by atoms with Crippen molar-refractivity contribution >= 4 is 33.1 Å². The molecule has 5 heterocycles. The number of carbonyl (C=O) groups excluding carboxylic acids is 1. The van der Waals surface area contributed by atoms with Crippen LogP contribution in [0.25, 0.3) is 27.1 Å². The van der Waals surface area contributed by atoms with E-state index >= 15 is 0 Å². The Bertz CT molecular complexity index is 1400. The average Bonchev–Trinajstić information content (AvgIpc) is 3.53. The molecule has 6 rings (SSSR count). The van der Waals surface area contributed by atoms with Crippen LogP contribution in [0.4, 0.5) is 0 Å². The number of thiophene rings is 1. The van der Waals surface area contributed by atoms with Crippen LogP contribution in [0.3, 0.4) is 0 Å². The van der Waals surface area contributed by atoms with Crippen molar-refractivity contribution < 1.29 is 4.79 Å². The number of likely N-dealkylation sites (tertiary alicyclic amines) is 1. The molecule has 1 amide bonds. The van der Waals surface area contributed by atoms with Gasteiger partial charge >= 0.3 is 0 Å². The van der Waals surface area contributed by atoms with Crippen LogP contribution in [0, 0.1) is 25.7 Å². The number of aromatic nitrogens is 4. The zero-order chi connectivity index (χ0) is 23.7. The monoisotopic (exact) mass is 476 g/mol. The molecule has 1 aliphatic heterocycles. The minimum atomic E-state index is -0.213. The summed E-state index contributed by atoms with van der Waals surface area (Å²) in [6, 6.07) is 2.22. The van der Waals surface area contributed by atoms with Gasteiger partial charge in [-0.25, -0.2) is 9.50 Å². The van der Waals surface area contributed by atoms with Gasteiger partial charge in [0.25, 0.3) is 0 Å². The normalized spacial score (nSPS) is 23.0. The molecule has 0 aromatic carbocycles. The van der Waals surface area contributed by atoms with Crippen LogP contribution in [0.15, 0.2) is 18.6 Å². The molecule has 2 aliphatic rings. The molecule has 0 unspecified atom stereocenters. The van der Waals surface area contributed by atoms with Crippen molar-refractivity contribution in [1.29, 1.82) is 0 Å². The fraction of sp³-hybridized carbons (Fsp3) is 0.500. The minimum Gasteiger partial charge on any atom is -0.369 e. The number of aryl methyl sites for hydroxylation is 2. The summed E-state index contributed by atoms with van der Waals surface area (Å²) in [7, 11) is 0. The van der Waals surface area contributed by atoms with Crippen molar-refractivity contribution in [1.82, 2.24) is 24.5 Å². The van der Waals surface area contributed by atoms with Crippen LogP contribution >= 0.6 is 11.3 Å². The van der Waals surface area contributed by atoms with Crippen molar-refractivity contribution in [3.8, 4) is 11.3 Å². The summed E-state index contributed by atoms with van der Waals surface area (Å²) in [5, 5.41) is 5.79. The first-order valence-corrected chi connectivity index (χ1v) is 13.1. The number of amides is 1. The summed E-state index contributed by atoms with van der Waals surface area (Å²) < 4.78 is 1.88. The van der Waals surface area contributed by atoms with Crippen molar-refractivity contribution in [2.45, 2.75) is 52.4 Å². The molecule has 0 spiro atoms. The predicted molar refractivity (Wildman–Crippen MR) is 136 cm³/mol. The molecule has 34 heavy (non-hydrogen) atoms. The molecule has 4 aromatic heterocycles. The first-order valence-electron chi connectivity index (χ1n) is 12.3. The number of fused-ring (bicyclic) bond motifs is 3. The van der Waals surface area contributed by atoms with Crippen molar-refractivity contribution in [3.05, 3.63) is 40.2 Å². The Morgan fingerprint density at radius 3 is 2.68 bits per heavy atom. The van der Waals surface area contributed by atoms with Gasteiger partial charge in [-0.15, -0.1) is 11.3 Å². The molecule has 1 aliphatic carbocycles. The maximum atomic E-state index is 11.3. The summed E-state index contributed by atoms with van der Waals surface area (Å²) in [5.74, 6) is 2.18. The highest BCUT2D eigenvalue weighted by Crippen LogP contribution is 2.51. The lowest BCUT2D eigenvalue weighted by molar-refractivity contribution is -0.119. The second-order valence-electron chi connectivity index (χ2n) is 10.7. The van der Waals surface area contributed by atoms with E-state index in [1.54, 1.807) is 11.2 Å². The summed E-state index contributed by atoms with van der Waals surface area (Å²) in [6.45, 7) is 11.4. The molecule has 0 radical (unpaired) electrons. The first-order chi connectivity index (χ1) is 16.3. The Kier molecular flexibility index (Phi) is 5.08. The quantitative estimate of drug-likeness (QED) is 0.441. The second kappa shape index (κ2) is 7.92. The summed E-state index contributed by atoms with van der Waals surface area (Å²) in [4.78, 5) is 24.6. The van der Waals surface area contributed by atoms with Gasteiger partial charge in [0.2, 0.25) is 5.91 Å². The SMILES string of the molecule is Cc1c([C@H]2C[C@@H]3CN(CC(N)=O)C[C@@H]3C2)sc2[nH]c(-c3cc(C)c4ncnn4c3)c(C(C)C)c12. The topological polar surface area (TPSA) is 92.3 Å². The van der Waals surface area contributed by atoms with Gasteiger partial charge in [0, 0.05) is 35.1 Å². The second-order valence-corrected chi connectivity index (χ2v) is 11.7. The molecule has 3 atom stereocenters. The van der Waals surface area contributed by atoms with E-state index in [2.05, 4.69) is 59.9 Å². The summed E-state index contributed by atoms with van der Waals surface area (Å²) >= 11 is 1.95. The van der Waals surface area contributed by atoms with Gasteiger partial charge < -0.3 is 10.7 Å². The van der Waals surface area contributed by atoms with Crippen LogP contribution in [-0.4, -0.2) is 50.0 Å². The molecule has 2 fully saturated rings. The Morgan fingerprint density at radius 1 is 1.26 bits per heavy atom. The van der Waals surface area contributed by atoms with Gasteiger partial charge in [-0.1, -0.05) is 13.8 Å². The third-order valence-corrected chi connectivity index (χ3v) is 9.33. The van der Waals surface area contributed by atoms with Crippen LogP contribution in [-0.2, 0) is 4.79 Å². The third-order valence-electron chi connectivity index (χ3n) is 7.96. The van der Waals surface area contributed by atoms with Gasteiger partial charge in [-0.2, -0.15) is 5.10 Å².